The number of amides is 5. The summed E-state index contributed by atoms with van der Waals surface area (Å²) in [6.45, 7) is 6.58. The Labute approximate surface area is 215 Å². The van der Waals surface area contributed by atoms with Crippen LogP contribution in [-0.2, 0) is 30.4 Å². The maximum absolute atomic E-state index is 12.8. The van der Waals surface area contributed by atoms with E-state index in [1.807, 2.05) is 0 Å². The van der Waals surface area contributed by atoms with Gasteiger partial charge < -0.3 is 30.3 Å². The van der Waals surface area contributed by atoms with Gasteiger partial charge >= 0.3 is 6.09 Å². The zero-order valence-corrected chi connectivity index (χ0v) is 21.5. The standard InChI is InChI=1S/C25H35N5O7/c1-25(2,3)37-24(35)29(10-4-9-26)11-12-36-15-21(32)27-17-5-6-18-16(13-17)14-30(23(18)34)19-7-8-20(31)28-22(19)33/h5-6,13,19H,4,7-12,14-15,26H2,1-3H3,(H,27,32)(H,28,31,33). The number of carbonyl (C=O) groups excluding carboxylic acids is 5. The third kappa shape index (κ3) is 7.73. The van der Waals surface area contributed by atoms with Crippen molar-refractivity contribution in [3.05, 3.63) is 29.3 Å². The van der Waals surface area contributed by atoms with Crippen molar-refractivity contribution in [3.63, 3.8) is 0 Å². The molecule has 1 aromatic carbocycles. The van der Waals surface area contributed by atoms with Gasteiger partial charge in [-0.15, -0.1) is 0 Å². The van der Waals surface area contributed by atoms with Crippen molar-refractivity contribution < 1.29 is 33.4 Å². The zero-order valence-electron chi connectivity index (χ0n) is 21.5. The number of rotatable bonds is 10. The number of nitrogens with two attached hydrogens (primary N) is 1. The summed E-state index contributed by atoms with van der Waals surface area (Å²) in [6.07, 6.45) is 0.609. The topological polar surface area (TPSA) is 160 Å². The maximum Gasteiger partial charge on any atom is 0.410 e. The SMILES string of the molecule is CC(C)(C)OC(=O)N(CCCN)CCOCC(=O)Nc1ccc2c(c1)CN(C1CCC(=O)NC1=O)C2=O. The fourth-order valence-electron chi connectivity index (χ4n) is 4.09. The first-order valence-electron chi connectivity index (χ1n) is 12.3. The number of anilines is 1. The number of piperidine rings is 1. The van der Waals surface area contributed by atoms with Gasteiger partial charge in [0, 0.05) is 37.3 Å². The molecular weight excluding hydrogens is 482 g/mol. The fourth-order valence-corrected chi connectivity index (χ4v) is 4.09. The molecule has 4 N–H and O–H groups in total. The molecule has 0 saturated carbocycles. The van der Waals surface area contributed by atoms with Gasteiger partial charge in [-0.05, 0) is 63.9 Å². The molecule has 0 radical (unpaired) electrons. The molecule has 0 aliphatic carbocycles. The van der Waals surface area contributed by atoms with E-state index in [2.05, 4.69) is 10.6 Å². The normalized spacial score (nSPS) is 17.4. The van der Waals surface area contributed by atoms with E-state index in [-0.39, 0.29) is 51.0 Å². The molecule has 1 fully saturated rings. The monoisotopic (exact) mass is 517 g/mol. The van der Waals surface area contributed by atoms with Crippen LogP contribution in [0.1, 0.15) is 56.0 Å². The number of benzene rings is 1. The number of hydrogen-bond donors (Lipinski definition) is 3. The smallest absolute Gasteiger partial charge is 0.410 e. The average Bonchev–Trinajstić information content (AvgIpc) is 3.12. The number of nitrogens with zero attached hydrogens (tertiary/aromatic N) is 2. The van der Waals surface area contributed by atoms with Crippen molar-refractivity contribution in [3.8, 4) is 0 Å². The summed E-state index contributed by atoms with van der Waals surface area (Å²) in [5.41, 5.74) is 6.56. The Balaban J connectivity index is 1.48. The summed E-state index contributed by atoms with van der Waals surface area (Å²) in [7, 11) is 0. The highest BCUT2D eigenvalue weighted by atomic mass is 16.6. The Hall–Kier alpha value is -3.51. The summed E-state index contributed by atoms with van der Waals surface area (Å²) in [6, 6.07) is 4.21. The second kappa shape index (κ2) is 12.2. The van der Waals surface area contributed by atoms with Gasteiger partial charge in [0.05, 0.1) is 6.61 Å². The molecule has 202 valence electrons. The molecule has 12 heteroatoms. The summed E-state index contributed by atoms with van der Waals surface area (Å²) >= 11 is 0. The molecule has 12 nitrogen and oxygen atoms in total. The quantitative estimate of drug-likeness (QED) is 0.306. The largest absolute Gasteiger partial charge is 0.444 e. The van der Waals surface area contributed by atoms with E-state index < -0.39 is 29.6 Å². The number of carbonyl (C=O) groups is 5. The lowest BCUT2D eigenvalue weighted by molar-refractivity contribution is -0.137. The minimum Gasteiger partial charge on any atom is -0.444 e. The van der Waals surface area contributed by atoms with Gasteiger partial charge in [-0.1, -0.05) is 0 Å². The number of nitrogens with one attached hydrogen (secondary N) is 2. The average molecular weight is 518 g/mol. The number of fused-ring (bicyclic) bond motifs is 1. The third-order valence-electron chi connectivity index (χ3n) is 5.83. The van der Waals surface area contributed by atoms with Crippen molar-refractivity contribution in [1.29, 1.82) is 0 Å². The van der Waals surface area contributed by atoms with Gasteiger partial charge in [0.15, 0.2) is 0 Å². The lowest BCUT2D eigenvalue weighted by Crippen LogP contribution is -2.52. The van der Waals surface area contributed by atoms with Crippen LogP contribution in [0.15, 0.2) is 18.2 Å². The van der Waals surface area contributed by atoms with Crippen LogP contribution in [-0.4, -0.2) is 84.0 Å². The van der Waals surface area contributed by atoms with Crippen LogP contribution in [0.4, 0.5) is 10.5 Å². The molecule has 1 unspecified atom stereocenters. The summed E-state index contributed by atoms with van der Waals surface area (Å²) < 4.78 is 10.9. The maximum atomic E-state index is 12.8. The molecule has 0 aromatic heterocycles. The van der Waals surface area contributed by atoms with E-state index in [9.17, 15) is 24.0 Å². The van der Waals surface area contributed by atoms with Gasteiger partial charge in [0.25, 0.3) is 5.91 Å². The minimum absolute atomic E-state index is 0.136. The van der Waals surface area contributed by atoms with Crippen LogP contribution in [0, 0.1) is 0 Å². The third-order valence-corrected chi connectivity index (χ3v) is 5.83. The molecule has 2 heterocycles. The van der Waals surface area contributed by atoms with Crippen LogP contribution in [0.25, 0.3) is 0 Å². The molecule has 1 aromatic rings. The molecule has 2 aliphatic rings. The predicted octanol–water partition coefficient (Wildman–Crippen LogP) is 0.989. The molecule has 37 heavy (non-hydrogen) atoms. The van der Waals surface area contributed by atoms with Gasteiger partial charge in [-0.25, -0.2) is 4.79 Å². The van der Waals surface area contributed by atoms with E-state index in [4.69, 9.17) is 15.2 Å². The van der Waals surface area contributed by atoms with E-state index in [0.717, 1.165) is 0 Å². The molecule has 1 atom stereocenters. The van der Waals surface area contributed by atoms with E-state index in [1.165, 1.54) is 9.80 Å². The predicted molar refractivity (Wildman–Crippen MR) is 133 cm³/mol. The first-order valence-corrected chi connectivity index (χ1v) is 12.3. The number of imide groups is 1. The minimum atomic E-state index is -0.700. The molecule has 0 spiro atoms. The van der Waals surface area contributed by atoms with E-state index >= 15 is 0 Å². The zero-order chi connectivity index (χ0) is 27.2. The number of ether oxygens (including phenoxy) is 2. The van der Waals surface area contributed by atoms with Crippen LogP contribution >= 0.6 is 0 Å². The van der Waals surface area contributed by atoms with Crippen molar-refractivity contribution in [2.75, 3.05) is 38.2 Å². The Bertz CT molecular complexity index is 1050. The first-order chi connectivity index (χ1) is 17.5. The first kappa shape index (κ1) is 28.1. The van der Waals surface area contributed by atoms with Crippen molar-refractivity contribution in [1.82, 2.24) is 15.1 Å². The van der Waals surface area contributed by atoms with Gasteiger partial charge in [0.2, 0.25) is 17.7 Å². The molecule has 2 aliphatic heterocycles. The van der Waals surface area contributed by atoms with Crippen molar-refractivity contribution in [2.24, 2.45) is 5.73 Å². The molecule has 0 bridgehead atoms. The molecular formula is C25H35N5O7. The van der Waals surface area contributed by atoms with Crippen LogP contribution in [0.5, 0.6) is 0 Å². The van der Waals surface area contributed by atoms with Crippen LogP contribution in [0.2, 0.25) is 0 Å². The van der Waals surface area contributed by atoms with E-state index in [1.54, 1.807) is 39.0 Å². The highest BCUT2D eigenvalue weighted by molar-refractivity contribution is 6.05. The van der Waals surface area contributed by atoms with Crippen molar-refractivity contribution >= 4 is 35.4 Å². The van der Waals surface area contributed by atoms with E-state index in [0.29, 0.717) is 36.3 Å². The number of hydrogen-bond acceptors (Lipinski definition) is 8. The Morgan fingerprint density at radius 2 is 1.97 bits per heavy atom. The summed E-state index contributed by atoms with van der Waals surface area (Å²) in [4.78, 5) is 64.1. The lowest BCUT2D eigenvalue weighted by atomic mass is 10.0. The highest BCUT2D eigenvalue weighted by Gasteiger charge is 2.39. The summed E-state index contributed by atoms with van der Waals surface area (Å²) in [5.74, 6) is -1.49. The Morgan fingerprint density at radius 1 is 1.22 bits per heavy atom. The molecule has 1 saturated heterocycles. The van der Waals surface area contributed by atoms with Gasteiger partial charge in [0.1, 0.15) is 18.2 Å². The van der Waals surface area contributed by atoms with Gasteiger partial charge in [-0.3, -0.25) is 24.5 Å². The highest BCUT2D eigenvalue weighted by Crippen LogP contribution is 2.29. The summed E-state index contributed by atoms with van der Waals surface area (Å²) in [5, 5.41) is 5.00. The van der Waals surface area contributed by atoms with Crippen molar-refractivity contribution in [2.45, 2.75) is 58.2 Å². The molecule has 3 rings (SSSR count). The second-order valence-electron chi connectivity index (χ2n) is 9.98. The van der Waals surface area contributed by atoms with Crippen LogP contribution in [0.3, 0.4) is 0 Å². The van der Waals surface area contributed by atoms with Gasteiger partial charge in [-0.2, -0.15) is 0 Å². The Kier molecular flexibility index (Phi) is 9.22. The fraction of sp³-hybridized carbons (Fsp3) is 0.560. The molecule has 5 amide bonds. The Morgan fingerprint density at radius 3 is 2.65 bits per heavy atom. The second-order valence-corrected chi connectivity index (χ2v) is 9.98. The lowest BCUT2D eigenvalue weighted by Gasteiger charge is -2.29. The van der Waals surface area contributed by atoms with Crippen LogP contribution < -0.4 is 16.4 Å².